The first-order valence-electron chi connectivity index (χ1n) is 10.5. The van der Waals surface area contributed by atoms with Gasteiger partial charge in [0.25, 0.3) is 0 Å². The van der Waals surface area contributed by atoms with E-state index in [-0.39, 0.29) is 12.1 Å². The van der Waals surface area contributed by atoms with Crippen molar-refractivity contribution in [3.63, 3.8) is 0 Å². The summed E-state index contributed by atoms with van der Waals surface area (Å²) in [6, 6.07) is 18.6. The first-order valence-corrected chi connectivity index (χ1v) is 13.8. The molecule has 0 heterocycles. The minimum atomic E-state index is -5.79. The monoisotopic (exact) mass is 628 g/mol. The van der Waals surface area contributed by atoms with Crippen molar-refractivity contribution in [2.45, 2.75) is 28.7 Å². The predicted octanol–water partition coefficient (Wildman–Crippen LogP) is 3.81. The van der Waals surface area contributed by atoms with Gasteiger partial charge in [-0.15, -0.1) is 0 Å². The molecule has 0 aliphatic heterocycles. The average Bonchev–Trinajstić information content (AvgIpc) is 2.84. The zero-order chi connectivity index (χ0) is 26.6. The number of hydrogen-bond acceptors (Lipinski definition) is 3. The van der Waals surface area contributed by atoms with Crippen LogP contribution < -0.4 is 30.8 Å². The number of benzene rings is 3. The Morgan fingerprint density at radius 2 is 1.47 bits per heavy atom. The number of rotatable bonds is 10. The molecule has 1 atom stereocenters. The van der Waals surface area contributed by atoms with Crippen LogP contribution in [-0.4, -0.2) is 32.8 Å². The van der Waals surface area contributed by atoms with Gasteiger partial charge in [-0.05, 0) is 0 Å². The van der Waals surface area contributed by atoms with Crippen molar-refractivity contribution in [1.29, 1.82) is 0 Å². The maximum absolute atomic E-state index is 14.2. The molecule has 0 saturated carbocycles. The Kier molecular flexibility index (Phi) is 8.75. The Morgan fingerprint density at radius 1 is 0.833 bits per heavy atom. The number of aliphatic hydroxyl groups is 1. The number of halogens is 8. The van der Waals surface area contributed by atoms with E-state index in [2.05, 4.69) is 0 Å². The molecule has 0 aliphatic rings. The predicted molar refractivity (Wildman–Crippen MR) is 117 cm³/mol. The molecular formula is C25H22F7INO2-. The number of nitrogens with zero attached hydrogens (tertiary/aromatic N) is 1. The summed E-state index contributed by atoms with van der Waals surface area (Å²) in [5.41, 5.74) is -0.938. The van der Waals surface area contributed by atoms with Gasteiger partial charge in [-0.1, -0.05) is 0 Å². The standard InChI is InChI=1S/C25H22F7INO2/c1-33-24(28,29)22(35)16-34(15-17-7-5-8-18(13-17)23(26,27)25(30,31)32)19-9-6-12-21(14-19)36-20-10-3-2-4-11-20/h2-14,22,35H,15-16H2,1H3/q-1/t22-/m1/s1. The molecule has 3 rings (SSSR count). The SMILES string of the molecule is C[I-]C(F)(F)[C@H](O)CN(Cc1cccc(C(F)(F)C(F)(F)F)c1)c1cccc(Oc2ccccc2)c1. The third-order valence-corrected chi connectivity index (χ3v) is 7.36. The maximum atomic E-state index is 14.2. The summed E-state index contributed by atoms with van der Waals surface area (Å²) in [6.07, 6.45) is -7.87. The van der Waals surface area contributed by atoms with Crippen LogP contribution in [0.5, 0.6) is 11.5 Å². The molecular weight excluding hydrogens is 606 g/mol. The Balaban J connectivity index is 1.94. The molecule has 3 aromatic rings. The molecule has 3 aromatic carbocycles. The fraction of sp³-hybridized carbons (Fsp3) is 0.280. The molecule has 0 spiro atoms. The summed E-state index contributed by atoms with van der Waals surface area (Å²) in [5.74, 6) is -4.24. The van der Waals surface area contributed by atoms with Crippen molar-refractivity contribution in [3.05, 3.63) is 90.0 Å². The van der Waals surface area contributed by atoms with E-state index in [1.807, 2.05) is 0 Å². The molecule has 0 amide bonds. The summed E-state index contributed by atoms with van der Waals surface area (Å²) < 4.78 is 97.2. The van der Waals surface area contributed by atoms with E-state index in [9.17, 15) is 35.8 Å². The van der Waals surface area contributed by atoms with Crippen LogP contribution in [0, 0.1) is 0 Å². The van der Waals surface area contributed by atoms with Gasteiger partial charge in [-0.3, -0.25) is 0 Å². The summed E-state index contributed by atoms with van der Waals surface area (Å²) in [4.78, 5) is 2.60. The van der Waals surface area contributed by atoms with Gasteiger partial charge in [0.2, 0.25) is 0 Å². The van der Waals surface area contributed by atoms with Gasteiger partial charge in [0.15, 0.2) is 0 Å². The third kappa shape index (κ3) is 6.81. The zero-order valence-electron chi connectivity index (χ0n) is 18.8. The van der Waals surface area contributed by atoms with E-state index in [1.54, 1.807) is 42.5 Å². The Labute approximate surface area is 213 Å². The Hall–Kier alpha value is -2.54. The normalized spacial score (nSPS) is 13.5. The molecule has 0 aliphatic carbocycles. The second-order valence-corrected chi connectivity index (χ2v) is 10.3. The van der Waals surface area contributed by atoms with Gasteiger partial charge < -0.3 is 0 Å². The first kappa shape index (κ1) is 28.0. The molecule has 0 saturated heterocycles. The van der Waals surface area contributed by atoms with Crippen molar-refractivity contribution in [2.75, 3.05) is 16.4 Å². The summed E-state index contributed by atoms with van der Waals surface area (Å²) in [6.45, 7) is -0.902. The molecule has 0 radical (unpaired) electrons. The fourth-order valence-corrected chi connectivity index (χ4v) is 4.23. The Bertz CT molecular complexity index is 1140. The third-order valence-electron chi connectivity index (χ3n) is 5.20. The number of para-hydroxylation sites is 1. The van der Waals surface area contributed by atoms with Crippen LogP contribution in [0.4, 0.5) is 36.4 Å². The molecule has 196 valence electrons. The molecule has 0 aromatic heterocycles. The van der Waals surface area contributed by atoms with Crippen molar-refractivity contribution in [3.8, 4) is 11.5 Å². The van der Waals surface area contributed by atoms with Crippen LogP contribution in [0.2, 0.25) is 0 Å². The van der Waals surface area contributed by atoms with E-state index >= 15 is 0 Å². The molecule has 0 bridgehead atoms. The van der Waals surface area contributed by atoms with Crippen LogP contribution >= 0.6 is 0 Å². The fourth-order valence-electron chi connectivity index (χ4n) is 3.32. The quantitative estimate of drug-likeness (QED) is 0.211. The van der Waals surface area contributed by atoms with E-state index in [0.29, 0.717) is 29.3 Å². The second-order valence-electron chi connectivity index (χ2n) is 7.81. The molecule has 36 heavy (non-hydrogen) atoms. The number of ether oxygens (including phenoxy) is 1. The average molecular weight is 628 g/mol. The summed E-state index contributed by atoms with van der Waals surface area (Å²) >= 11 is -1.68. The van der Waals surface area contributed by atoms with Gasteiger partial charge in [0, 0.05) is 0 Å². The van der Waals surface area contributed by atoms with Crippen molar-refractivity contribution in [1.82, 2.24) is 0 Å². The van der Waals surface area contributed by atoms with Crippen LogP contribution in [0.3, 0.4) is 0 Å². The topological polar surface area (TPSA) is 32.7 Å². The van der Waals surface area contributed by atoms with E-state index < -0.39 is 55.4 Å². The number of alkyl halides is 9. The van der Waals surface area contributed by atoms with E-state index in [4.69, 9.17) is 4.74 Å². The summed E-state index contributed by atoms with van der Waals surface area (Å²) in [5, 5.41) is 10.2. The molecule has 0 fully saturated rings. The van der Waals surface area contributed by atoms with Gasteiger partial charge in [0.1, 0.15) is 0 Å². The van der Waals surface area contributed by atoms with Crippen LogP contribution in [0.15, 0.2) is 78.9 Å². The van der Waals surface area contributed by atoms with Crippen molar-refractivity contribution < 1.29 is 61.8 Å². The van der Waals surface area contributed by atoms with Crippen LogP contribution in [0.25, 0.3) is 0 Å². The molecule has 1 N–H and O–H groups in total. The van der Waals surface area contributed by atoms with Crippen molar-refractivity contribution >= 4 is 5.69 Å². The molecule has 11 heteroatoms. The van der Waals surface area contributed by atoms with Crippen LogP contribution in [-0.2, 0) is 12.5 Å². The minimum absolute atomic E-state index is 0.0209. The zero-order valence-corrected chi connectivity index (χ0v) is 21.0. The van der Waals surface area contributed by atoms with Crippen LogP contribution in [0.1, 0.15) is 11.1 Å². The second kappa shape index (κ2) is 11.2. The summed E-state index contributed by atoms with van der Waals surface area (Å²) in [7, 11) is 0. The van der Waals surface area contributed by atoms with Crippen molar-refractivity contribution in [2.24, 2.45) is 0 Å². The Morgan fingerprint density at radius 3 is 2.11 bits per heavy atom. The first-order chi connectivity index (χ1) is 16.8. The van der Waals surface area contributed by atoms with E-state index in [1.165, 1.54) is 28.0 Å². The number of anilines is 1. The van der Waals surface area contributed by atoms with Gasteiger partial charge in [-0.2, -0.15) is 0 Å². The van der Waals surface area contributed by atoms with Gasteiger partial charge in [-0.25, -0.2) is 0 Å². The van der Waals surface area contributed by atoms with Gasteiger partial charge >= 0.3 is 214 Å². The molecule has 3 nitrogen and oxygen atoms in total. The number of aliphatic hydroxyl groups excluding tert-OH is 1. The van der Waals surface area contributed by atoms with Gasteiger partial charge in [0.05, 0.1) is 0 Å². The molecule has 0 unspecified atom stereocenters. The number of hydrogen-bond donors (Lipinski definition) is 1. The van der Waals surface area contributed by atoms with E-state index in [0.717, 1.165) is 6.07 Å².